The summed E-state index contributed by atoms with van der Waals surface area (Å²) in [5.74, 6) is -0.793. The number of aromatic nitrogens is 4. The maximum Gasteiger partial charge on any atom is 0.453 e. The van der Waals surface area contributed by atoms with Crippen molar-refractivity contribution in [2.45, 2.75) is 31.9 Å². The average molecular weight is 303 g/mol. The molecule has 0 amide bonds. The van der Waals surface area contributed by atoms with Gasteiger partial charge in [-0.1, -0.05) is 12.8 Å². The zero-order valence-electron chi connectivity index (χ0n) is 11.3. The van der Waals surface area contributed by atoms with E-state index in [0.29, 0.717) is 16.9 Å². The molecule has 0 bridgehead atoms. The van der Waals surface area contributed by atoms with E-state index in [0.717, 1.165) is 25.7 Å². The molecule has 2 heterocycles. The molecule has 21 heavy (non-hydrogen) atoms. The van der Waals surface area contributed by atoms with Gasteiger partial charge in [-0.2, -0.15) is 17.7 Å². The highest BCUT2D eigenvalue weighted by Crippen LogP contribution is 2.27. The van der Waals surface area contributed by atoms with Crippen molar-refractivity contribution in [3.05, 3.63) is 18.0 Å². The Hall–Kier alpha value is -1.90. The summed E-state index contributed by atoms with van der Waals surface area (Å²) in [6.45, 7) is 0.785. The van der Waals surface area contributed by atoms with Crippen molar-refractivity contribution >= 4 is 11.5 Å². The van der Waals surface area contributed by atoms with Gasteiger partial charge in [-0.05, 0) is 25.0 Å². The van der Waals surface area contributed by atoms with Crippen LogP contribution in [0.15, 0.2) is 12.1 Å². The molecular formula is C12H16F3N5O. The van der Waals surface area contributed by atoms with Gasteiger partial charge in [0.2, 0.25) is 0 Å². The zero-order chi connectivity index (χ0) is 15.3. The lowest BCUT2D eigenvalue weighted by Gasteiger charge is -2.07. The second-order valence-corrected chi connectivity index (χ2v) is 4.57. The molecule has 0 spiro atoms. The summed E-state index contributed by atoms with van der Waals surface area (Å²) in [6, 6.07) is 3.00. The third-order valence-corrected chi connectivity index (χ3v) is 2.91. The number of nitrogens with zero attached hydrogens (tertiary/aromatic N) is 4. The summed E-state index contributed by atoms with van der Waals surface area (Å²) in [4.78, 5) is 0. The van der Waals surface area contributed by atoms with E-state index in [1.807, 2.05) is 0 Å². The number of aliphatic hydroxyl groups is 1. The first-order valence-corrected chi connectivity index (χ1v) is 6.67. The minimum absolute atomic E-state index is 0.0517. The molecule has 9 heteroatoms. The monoisotopic (exact) mass is 303 g/mol. The zero-order valence-corrected chi connectivity index (χ0v) is 11.3. The number of aliphatic hydroxyl groups excluding tert-OH is 1. The van der Waals surface area contributed by atoms with E-state index in [2.05, 4.69) is 20.6 Å². The van der Waals surface area contributed by atoms with Crippen molar-refractivity contribution in [3.63, 3.8) is 0 Å². The first kappa shape index (κ1) is 15.5. The number of anilines is 1. The van der Waals surface area contributed by atoms with Crippen molar-refractivity contribution in [3.8, 4) is 0 Å². The number of halogens is 3. The molecule has 0 unspecified atom stereocenters. The van der Waals surface area contributed by atoms with E-state index in [1.165, 1.54) is 6.07 Å². The SMILES string of the molecule is OCCCCCCNc1ccc2nnc(C(F)(F)F)n2n1. The van der Waals surface area contributed by atoms with E-state index in [9.17, 15) is 13.2 Å². The molecule has 0 atom stereocenters. The van der Waals surface area contributed by atoms with Crippen molar-refractivity contribution in [2.24, 2.45) is 0 Å². The van der Waals surface area contributed by atoms with Crippen LogP contribution in [-0.2, 0) is 6.18 Å². The fourth-order valence-electron chi connectivity index (χ4n) is 1.87. The van der Waals surface area contributed by atoms with Crippen molar-refractivity contribution in [1.82, 2.24) is 19.8 Å². The Morgan fingerprint density at radius 3 is 2.57 bits per heavy atom. The molecular weight excluding hydrogens is 287 g/mol. The van der Waals surface area contributed by atoms with Crippen LogP contribution in [0, 0.1) is 0 Å². The Bertz CT molecular complexity index is 584. The first-order chi connectivity index (χ1) is 10.0. The normalized spacial score (nSPS) is 12.0. The van der Waals surface area contributed by atoms with Crippen LogP contribution in [0.3, 0.4) is 0 Å². The van der Waals surface area contributed by atoms with Gasteiger partial charge in [0.05, 0.1) is 0 Å². The molecule has 0 saturated heterocycles. The fourth-order valence-corrected chi connectivity index (χ4v) is 1.87. The van der Waals surface area contributed by atoms with E-state index >= 15 is 0 Å². The van der Waals surface area contributed by atoms with Crippen LogP contribution in [0.1, 0.15) is 31.5 Å². The molecule has 2 rings (SSSR count). The largest absolute Gasteiger partial charge is 0.453 e. The first-order valence-electron chi connectivity index (χ1n) is 6.67. The van der Waals surface area contributed by atoms with Crippen LogP contribution in [0.2, 0.25) is 0 Å². The number of hydrogen-bond acceptors (Lipinski definition) is 5. The maximum atomic E-state index is 12.7. The van der Waals surface area contributed by atoms with Gasteiger partial charge >= 0.3 is 6.18 Å². The molecule has 0 fully saturated rings. The second kappa shape index (κ2) is 6.70. The number of alkyl halides is 3. The molecule has 0 saturated carbocycles. The number of rotatable bonds is 7. The Morgan fingerprint density at radius 1 is 1.10 bits per heavy atom. The third-order valence-electron chi connectivity index (χ3n) is 2.91. The Balaban J connectivity index is 1.98. The van der Waals surface area contributed by atoms with Crippen LogP contribution < -0.4 is 5.32 Å². The molecule has 0 aromatic carbocycles. The number of fused-ring (bicyclic) bond motifs is 1. The molecule has 2 aromatic heterocycles. The summed E-state index contributed by atoms with van der Waals surface area (Å²) in [5, 5.41) is 22.0. The fraction of sp³-hybridized carbons (Fsp3) is 0.583. The van der Waals surface area contributed by atoms with Gasteiger partial charge in [-0.25, -0.2) is 0 Å². The third kappa shape index (κ3) is 4.03. The molecule has 116 valence electrons. The second-order valence-electron chi connectivity index (χ2n) is 4.57. The van der Waals surface area contributed by atoms with Crippen LogP contribution in [0.4, 0.5) is 19.0 Å². The number of unbranched alkanes of at least 4 members (excludes halogenated alkanes) is 3. The summed E-state index contributed by atoms with van der Waals surface area (Å²) in [5.41, 5.74) is 0.0517. The topological polar surface area (TPSA) is 75.3 Å². The molecule has 0 aliphatic carbocycles. The van der Waals surface area contributed by atoms with Crippen LogP contribution in [-0.4, -0.2) is 38.1 Å². The minimum atomic E-state index is -4.59. The van der Waals surface area contributed by atoms with Crippen LogP contribution >= 0.6 is 0 Å². The van der Waals surface area contributed by atoms with Gasteiger partial charge < -0.3 is 10.4 Å². The van der Waals surface area contributed by atoms with Gasteiger partial charge in [0.1, 0.15) is 5.82 Å². The smallest absolute Gasteiger partial charge is 0.396 e. The molecule has 2 N–H and O–H groups in total. The van der Waals surface area contributed by atoms with Gasteiger partial charge in [-0.15, -0.1) is 15.3 Å². The summed E-state index contributed by atoms with van der Waals surface area (Å²) in [7, 11) is 0. The van der Waals surface area contributed by atoms with Gasteiger partial charge in [-0.3, -0.25) is 0 Å². The summed E-state index contributed by atoms with van der Waals surface area (Å²) >= 11 is 0. The lowest BCUT2D eigenvalue weighted by Crippen LogP contribution is -2.13. The van der Waals surface area contributed by atoms with E-state index in [1.54, 1.807) is 6.07 Å². The van der Waals surface area contributed by atoms with Crippen molar-refractivity contribution < 1.29 is 18.3 Å². The van der Waals surface area contributed by atoms with Crippen molar-refractivity contribution in [2.75, 3.05) is 18.5 Å². The predicted octanol–water partition coefficient (Wildman–Crippen LogP) is 2.11. The molecule has 0 aliphatic heterocycles. The minimum Gasteiger partial charge on any atom is -0.396 e. The quantitative estimate of drug-likeness (QED) is 0.766. The van der Waals surface area contributed by atoms with Crippen LogP contribution in [0.25, 0.3) is 5.65 Å². The number of nitrogens with one attached hydrogen (secondary N) is 1. The summed E-state index contributed by atoms with van der Waals surface area (Å²) in [6.07, 6.45) is -1.10. The lowest BCUT2D eigenvalue weighted by atomic mass is 10.2. The van der Waals surface area contributed by atoms with E-state index < -0.39 is 12.0 Å². The van der Waals surface area contributed by atoms with E-state index in [-0.39, 0.29) is 12.3 Å². The molecule has 0 aliphatic rings. The highest BCUT2D eigenvalue weighted by Gasteiger charge is 2.37. The van der Waals surface area contributed by atoms with E-state index in [4.69, 9.17) is 5.11 Å². The van der Waals surface area contributed by atoms with Crippen molar-refractivity contribution in [1.29, 1.82) is 0 Å². The lowest BCUT2D eigenvalue weighted by molar-refractivity contribution is -0.146. The highest BCUT2D eigenvalue weighted by molar-refractivity contribution is 5.44. The van der Waals surface area contributed by atoms with Crippen LogP contribution in [0.5, 0.6) is 0 Å². The van der Waals surface area contributed by atoms with Gasteiger partial charge in [0.15, 0.2) is 5.65 Å². The van der Waals surface area contributed by atoms with Gasteiger partial charge in [0.25, 0.3) is 5.82 Å². The standard InChI is InChI=1S/C12H16F3N5O/c13-12(14,15)11-18-17-10-6-5-9(19-20(10)11)16-7-3-1-2-4-8-21/h5-6,21H,1-4,7-8H2,(H,16,19). The molecule has 6 nitrogen and oxygen atoms in total. The average Bonchev–Trinajstić information content (AvgIpc) is 2.85. The number of hydrogen-bond donors (Lipinski definition) is 2. The Labute approximate surface area is 119 Å². The highest BCUT2D eigenvalue weighted by atomic mass is 19.4. The Morgan fingerprint density at radius 2 is 1.86 bits per heavy atom. The summed E-state index contributed by atoms with van der Waals surface area (Å²) < 4.78 is 38.8. The predicted molar refractivity (Wildman–Crippen MR) is 69.8 cm³/mol. The maximum absolute atomic E-state index is 12.7. The molecule has 2 aromatic rings. The Kier molecular flexibility index (Phi) is 4.94. The van der Waals surface area contributed by atoms with Gasteiger partial charge in [0, 0.05) is 13.2 Å². The molecule has 0 radical (unpaired) electrons.